The number of carbonyl (C=O) groups excluding carboxylic acids is 3. The molecule has 1 atom stereocenters. The maximum absolute atomic E-state index is 13.5. The highest BCUT2D eigenvalue weighted by molar-refractivity contribution is 7.17. The molecular weight excluding hydrogens is 518 g/mol. The number of aliphatic hydroxyl groups is 1. The van der Waals surface area contributed by atoms with Crippen LogP contribution < -0.4 is 9.64 Å². The number of para-hydroxylation sites is 1. The lowest BCUT2D eigenvalue weighted by molar-refractivity contribution is -0.132. The topological polar surface area (TPSA) is 119 Å². The number of amides is 1. The molecular formula is C29H23N3O6S. The fraction of sp³-hybridized carbons (Fsp3) is 0.138. The maximum atomic E-state index is 13.5. The fourth-order valence-electron chi connectivity index (χ4n) is 4.25. The van der Waals surface area contributed by atoms with Crippen molar-refractivity contribution >= 4 is 39.9 Å². The van der Waals surface area contributed by atoms with E-state index in [0.717, 1.165) is 11.3 Å². The van der Waals surface area contributed by atoms with Crippen molar-refractivity contribution in [1.29, 1.82) is 0 Å². The number of hydrogen-bond donors (Lipinski definition) is 1. The van der Waals surface area contributed by atoms with E-state index in [1.54, 1.807) is 62.4 Å². The molecule has 1 aliphatic heterocycles. The monoisotopic (exact) mass is 541 g/mol. The number of thiazole rings is 1. The molecule has 3 heterocycles. The average Bonchev–Trinajstić information content (AvgIpc) is 3.46. The van der Waals surface area contributed by atoms with Gasteiger partial charge in [-0.2, -0.15) is 0 Å². The standard InChI is InChI=1S/C29H23N3O6S/c1-3-37-28(36)26-17(2)31-29(39-26)32-23(19-8-7-11-21(16-19)38-20-9-5-4-6-10-20)22(25(34)27(32)35)24(33)18-12-14-30-15-13-18/h4-16,23,33H,3H2,1-2H3/b24-22+. The van der Waals surface area contributed by atoms with Crippen LogP contribution in [0.2, 0.25) is 0 Å². The van der Waals surface area contributed by atoms with Crippen LogP contribution in [-0.2, 0) is 14.3 Å². The summed E-state index contributed by atoms with van der Waals surface area (Å²) in [4.78, 5) is 49.2. The number of benzene rings is 2. The molecule has 1 N–H and O–H groups in total. The zero-order valence-corrected chi connectivity index (χ0v) is 21.8. The first kappa shape index (κ1) is 25.8. The van der Waals surface area contributed by atoms with Gasteiger partial charge in [-0.15, -0.1) is 0 Å². The van der Waals surface area contributed by atoms with Gasteiger partial charge in [-0.05, 0) is 55.8 Å². The molecule has 1 aliphatic rings. The number of ether oxygens (including phenoxy) is 2. The summed E-state index contributed by atoms with van der Waals surface area (Å²) in [5.74, 6) is -1.60. The van der Waals surface area contributed by atoms with Crippen LogP contribution in [0.4, 0.5) is 5.13 Å². The number of pyridine rings is 1. The molecule has 0 bridgehead atoms. The third kappa shape index (κ3) is 5.01. The van der Waals surface area contributed by atoms with Gasteiger partial charge < -0.3 is 14.6 Å². The summed E-state index contributed by atoms with van der Waals surface area (Å²) in [7, 11) is 0. The average molecular weight is 542 g/mol. The molecule has 5 rings (SSSR count). The Hall–Kier alpha value is -4.83. The first-order chi connectivity index (χ1) is 18.9. The summed E-state index contributed by atoms with van der Waals surface area (Å²) in [5, 5.41) is 11.4. The number of aryl methyl sites for hydroxylation is 1. The fourth-order valence-corrected chi connectivity index (χ4v) is 5.24. The highest BCUT2D eigenvalue weighted by atomic mass is 32.1. The van der Waals surface area contributed by atoms with Crippen LogP contribution >= 0.6 is 11.3 Å². The number of aromatic nitrogens is 2. The van der Waals surface area contributed by atoms with Crippen LogP contribution in [0.25, 0.3) is 5.76 Å². The minimum Gasteiger partial charge on any atom is -0.507 e. The summed E-state index contributed by atoms with van der Waals surface area (Å²) in [5.41, 5.74) is 1.08. The number of nitrogens with zero attached hydrogens (tertiary/aromatic N) is 3. The van der Waals surface area contributed by atoms with Crippen LogP contribution in [0, 0.1) is 6.92 Å². The molecule has 0 radical (unpaired) electrons. The van der Waals surface area contributed by atoms with Crippen molar-refractivity contribution in [2.24, 2.45) is 0 Å². The van der Waals surface area contributed by atoms with Gasteiger partial charge in [0.2, 0.25) is 0 Å². The van der Waals surface area contributed by atoms with E-state index < -0.39 is 23.7 Å². The molecule has 1 saturated heterocycles. The van der Waals surface area contributed by atoms with Crippen LogP contribution in [0.5, 0.6) is 11.5 Å². The van der Waals surface area contributed by atoms with Gasteiger partial charge >= 0.3 is 11.9 Å². The Morgan fingerprint density at radius 2 is 1.74 bits per heavy atom. The number of hydrogen-bond acceptors (Lipinski definition) is 9. The number of ketones is 1. The van der Waals surface area contributed by atoms with Crippen molar-refractivity contribution in [3.8, 4) is 11.5 Å². The van der Waals surface area contributed by atoms with E-state index in [9.17, 15) is 19.5 Å². The highest BCUT2D eigenvalue weighted by Gasteiger charge is 2.48. The van der Waals surface area contributed by atoms with Gasteiger partial charge in [0.1, 0.15) is 22.1 Å². The Morgan fingerprint density at radius 3 is 2.46 bits per heavy atom. The van der Waals surface area contributed by atoms with Crippen LogP contribution in [0.15, 0.2) is 84.7 Å². The third-order valence-electron chi connectivity index (χ3n) is 6.00. The summed E-state index contributed by atoms with van der Waals surface area (Å²) in [6, 6.07) is 18.1. The smallest absolute Gasteiger partial charge is 0.350 e. The Morgan fingerprint density at radius 1 is 1.03 bits per heavy atom. The van der Waals surface area contributed by atoms with Crippen molar-refractivity contribution in [3.63, 3.8) is 0 Å². The Labute approximate surface area is 228 Å². The normalized spacial score (nSPS) is 16.4. The molecule has 2 aromatic carbocycles. The largest absolute Gasteiger partial charge is 0.507 e. The Kier molecular flexibility index (Phi) is 7.20. The van der Waals surface area contributed by atoms with E-state index in [1.807, 2.05) is 18.2 Å². The molecule has 1 amide bonds. The Balaban J connectivity index is 1.66. The van der Waals surface area contributed by atoms with Crippen molar-refractivity contribution in [3.05, 3.63) is 106 Å². The molecule has 10 heteroatoms. The third-order valence-corrected chi connectivity index (χ3v) is 7.14. The van der Waals surface area contributed by atoms with Crippen LogP contribution in [-0.4, -0.2) is 39.3 Å². The van der Waals surface area contributed by atoms with E-state index >= 15 is 0 Å². The number of Topliss-reactive ketones (excluding diaryl/α,β-unsaturated/α-hetero) is 1. The van der Waals surface area contributed by atoms with E-state index in [-0.39, 0.29) is 27.9 Å². The van der Waals surface area contributed by atoms with E-state index in [4.69, 9.17) is 9.47 Å². The van der Waals surface area contributed by atoms with Crippen LogP contribution in [0.1, 0.15) is 39.5 Å². The second kappa shape index (κ2) is 10.9. The Bertz CT molecular complexity index is 1580. The summed E-state index contributed by atoms with van der Waals surface area (Å²) >= 11 is 0.947. The first-order valence-electron chi connectivity index (χ1n) is 12.1. The summed E-state index contributed by atoms with van der Waals surface area (Å²) in [6.45, 7) is 3.50. The number of rotatable bonds is 7. The second-order valence-corrected chi connectivity index (χ2v) is 9.50. The number of carbonyl (C=O) groups is 3. The molecule has 196 valence electrons. The summed E-state index contributed by atoms with van der Waals surface area (Å²) in [6.07, 6.45) is 2.95. The molecule has 0 aliphatic carbocycles. The minimum absolute atomic E-state index is 0.117. The number of esters is 1. The highest BCUT2D eigenvalue weighted by Crippen LogP contribution is 2.44. The quantitative estimate of drug-likeness (QED) is 0.142. The van der Waals surface area contributed by atoms with Gasteiger partial charge in [0, 0.05) is 18.0 Å². The van der Waals surface area contributed by atoms with Gasteiger partial charge in [0.05, 0.1) is 23.9 Å². The SMILES string of the molecule is CCOC(=O)c1sc(N2C(=O)C(=O)/C(=C(/O)c3ccncc3)C2c2cccc(Oc3ccccc3)c2)nc1C. The molecule has 9 nitrogen and oxygen atoms in total. The zero-order valence-electron chi connectivity index (χ0n) is 21.0. The maximum Gasteiger partial charge on any atom is 0.350 e. The van der Waals surface area contributed by atoms with Gasteiger partial charge in [0.25, 0.3) is 5.78 Å². The lowest BCUT2D eigenvalue weighted by Crippen LogP contribution is -2.29. The van der Waals surface area contributed by atoms with Gasteiger partial charge in [-0.1, -0.05) is 41.7 Å². The molecule has 0 spiro atoms. The van der Waals surface area contributed by atoms with Crippen molar-refractivity contribution < 1.29 is 29.0 Å². The molecule has 1 unspecified atom stereocenters. The zero-order chi connectivity index (χ0) is 27.5. The van der Waals surface area contributed by atoms with E-state index in [0.29, 0.717) is 28.3 Å². The molecule has 39 heavy (non-hydrogen) atoms. The second-order valence-electron chi connectivity index (χ2n) is 8.52. The lowest BCUT2D eigenvalue weighted by atomic mass is 9.95. The minimum atomic E-state index is -1.04. The molecule has 2 aromatic heterocycles. The van der Waals surface area contributed by atoms with E-state index in [2.05, 4.69) is 9.97 Å². The van der Waals surface area contributed by atoms with Gasteiger partial charge in [-0.3, -0.25) is 19.5 Å². The molecule has 1 fully saturated rings. The van der Waals surface area contributed by atoms with Gasteiger partial charge in [0.15, 0.2) is 5.13 Å². The predicted molar refractivity (Wildman–Crippen MR) is 145 cm³/mol. The van der Waals surface area contributed by atoms with Gasteiger partial charge in [-0.25, -0.2) is 9.78 Å². The van der Waals surface area contributed by atoms with Crippen molar-refractivity contribution in [2.75, 3.05) is 11.5 Å². The first-order valence-corrected chi connectivity index (χ1v) is 12.9. The summed E-state index contributed by atoms with van der Waals surface area (Å²) < 4.78 is 11.1. The number of aliphatic hydroxyl groups excluding tert-OH is 1. The van der Waals surface area contributed by atoms with Crippen molar-refractivity contribution in [1.82, 2.24) is 9.97 Å². The van der Waals surface area contributed by atoms with Crippen LogP contribution in [0.3, 0.4) is 0 Å². The molecule has 0 saturated carbocycles. The predicted octanol–water partition coefficient (Wildman–Crippen LogP) is 5.44. The lowest BCUT2D eigenvalue weighted by Gasteiger charge is -2.23. The van der Waals surface area contributed by atoms with Crippen molar-refractivity contribution in [2.45, 2.75) is 19.9 Å². The number of anilines is 1. The molecule has 4 aromatic rings. The van der Waals surface area contributed by atoms with E-state index in [1.165, 1.54) is 17.3 Å².